The number of thioether (sulfide) groups is 1. The Morgan fingerprint density at radius 1 is 1.14 bits per heavy atom. The summed E-state index contributed by atoms with van der Waals surface area (Å²) in [7, 11) is 0. The zero-order valence-electron chi connectivity index (χ0n) is 22.2. The van der Waals surface area contributed by atoms with Crippen molar-refractivity contribution in [1.29, 1.82) is 0 Å². The Morgan fingerprint density at radius 2 is 1.88 bits per heavy atom. The minimum Gasteiger partial charge on any atom is -0.489 e. The van der Waals surface area contributed by atoms with Crippen LogP contribution in [0.1, 0.15) is 33.9 Å². The molecule has 2 aliphatic heterocycles. The molecule has 2 amide bonds. The van der Waals surface area contributed by atoms with Crippen molar-refractivity contribution in [3.63, 3.8) is 0 Å². The highest BCUT2D eigenvalue weighted by atomic mass is 32.2. The van der Waals surface area contributed by atoms with Gasteiger partial charge in [0.1, 0.15) is 18.9 Å². The molecule has 0 spiro atoms. The van der Waals surface area contributed by atoms with Crippen LogP contribution < -0.4 is 9.61 Å². The maximum absolute atomic E-state index is 13.5. The number of nitrogens with zero attached hydrogens (tertiary/aromatic N) is 2. The normalized spacial score (nSPS) is 28.9. The molecule has 3 aromatic rings. The molecule has 0 radical (unpaired) electrons. The number of carbonyl (C=O) groups excluding carboxylic acids is 2. The molecule has 7 atom stereocenters. The Labute approximate surface area is 247 Å². The van der Waals surface area contributed by atoms with Gasteiger partial charge in [0, 0.05) is 33.7 Å². The third-order valence-electron chi connectivity index (χ3n) is 9.29. The van der Waals surface area contributed by atoms with Gasteiger partial charge in [0.2, 0.25) is 11.8 Å². The van der Waals surface area contributed by atoms with Gasteiger partial charge in [-0.25, -0.2) is 0 Å². The van der Waals surface area contributed by atoms with E-state index in [9.17, 15) is 34.4 Å². The number of benzene rings is 2. The van der Waals surface area contributed by atoms with Crippen LogP contribution in [0.3, 0.4) is 0 Å². The zero-order valence-corrected chi connectivity index (χ0v) is 23.9. The molecule has 2 saturated carbocycles. The molecule has 1 aromatic heterocycles. The van der Waals surface area contributed by atoms with Gasteiger partial charge in [0.05, 0.1) is 21.8 Å². The lowest BCUT2D eigenvalue weighted by Gasteiger charge is -2.43. The highest BCUT2D eigenvalue weighted by molar-refractivity contribution is 8.00. The monoisotopic (exact) mass is 607 g/mol. The van der Waals surface area contributed by atoms with Crippen LogP contribution in [0.25, 0.3) is 0 Å². The number of hydrogen-bond donors (Lipinski definition) is 2. The maximum atomic E-state index is 13.5. The van der Waals surface area contributed by atoms with Gasteiger partial charge in [-0.3, -0.25) is 34.2 Å². The minimum atomic E-state index is -1.25. The second-order valence-corrected chi connectivity index (χ2v) is 13.5. The molecular formula is C29H25N3O8S2. The Kier molecular flexibility index (Phi) is 6.28. The van der Waals surface area contributed by atoms with Gasteiger partial charge >= 0.3 is 10.8 Å². The molecular weight excluding hydrogens is 582 g/mol. The van der Waals surface area contributed by atoms with Crippen molar-refractivity contribution in [1.82, 2.24) is 9.88 Å². The Morgan fingerprint density at radius 3 is 2.60 bits per heavy atom. The van der Waals surface area contributed by atoms with Gasteiger partial charge in [-0.15, -0.1) is 11.8 Å². The first-order chi connectivity index (χ1) is 20.1. The van der Waals surface area contributed by atoms with Crippen molar-refractivity contribution >= 4 is 46.6 Å². The van der Waals surface area contributed by atoms with Gasteiger partial charge < -0.3 is 14.8 Å². The first kappa shape index (κ1) is 26.9. The Balaban J connectivity index is 1.33. The first-order valence-electron chi connectivity index (χ1n) is 13.6. The number of aryl methyl sites for hydroxylation is 1. The highest BCUT2D eigenvalue weighted by Gasteiger charge is 2.69. The van der Waals surface area contributed by atoms with Gasteiger partial charge in [-0.1, -0.05) is 35.6 Å². The van der Waals surface area contributed by atoms with Crippen molar-refractivity contribution in [3.05, 3.63) is 83.8 Å². The number of aromatic amines is 1. The Bertz CT molecular complexity index is 1730. The average molecular weight is 608 g/mol. The number of nitro groups is 1. The summed E-state index contributed by atoms with van der Waals surface area (Å²) in [4.78, 5) is 66.5. The predicted molar refractivity (Wildman–Crippen MR) is 151 cm³/mol. The summed E-state index contributed by atoms with van der Waals surface area (Å²) in [5, 5.41) is 21.7. The van der Waals surface area contributed by atoms with E-state index in [0.717, 1.165) is 32.2 Å². The number of non-ortho nitro benzene ring substituents is 1. The molecule has 216 valence electrons. The lowest BCUT2D eigenvalue weighted by atomic mass is 9.68. The largest absolute Gasteiger partial charge is 0.489 e. The van der Waals surface area contributed by atoms with E-state index < -0.39 is 47.0 Å². The van der Waals surface area contributed by atoms with E-state index in [1.54, 1.807) is 6.07 Å². The summed E-state index contributed by atoms with van der Waals surface area (Å²) in [6.07, 6.45) is 0.611. The lowest BCUT2D eigenvalue weighted by Crippen LogP contribution is -2.42. The van der Waals surface area contributed by atoms with Crippen molar-refractivity contribution in [2.24, 2.45) is 29.6 Å². The number of carbonyl (C=O) groups is 3. The fourth-order valence-corrected chi connectivity index (χ4v) is 10.5. The number of hydrogen-bond acceptors (Lipinski definition) is 9. The number of aromatic nitrogens is 1. The van der Waals surface area contributed by atoms with E-state index >= 15 is 0 Å². The molecule has 7 rings (SSSR count). The Hall–Kier alpha value is -3.97. The van der Waals surface area contributed by atoms with Crippen molar-refractivity contribution in [3.8, 4) is 5.75 Å². The number of carboxylic acids is 1. The molecule has 2 N–H and O–H groups in total. The molecule has 2 aromatic carbocycles. The SMILES string of the molecule is Cc1ccccc1COc1ccc([N+](=O)[O-])cc1[C@H]1c2sc(=O)[nH]c2SC2C3CC(C4C(=O)N(CC(=O)O)C(=O)C34)C21. The number of amides is 2. The molecule has 11 nitrogen and oxygen atoms in total. The second kappa shape index (κ2) is 9.80. The molecule has 1 saturated heterocycles. The van der Waals surface area contributed by atoms with Crippen LogP contribution in [-0.4, -0.2) is 49.5 Å². The van der Waals surface area contributed by atoms with Crippen molar-refractivity contribution in [2.45, 2.75) is 36.1 Å². The van der Waals surface area contributed by atoms with Crippen LogP contribution >= 0.6 is 23.1 Å². The van der Waals surface area contributed by atoms with Gasteiger partial charge in [-0.2, -0.15) is 0 Å². The number of fused-ring (bicyclic) bond motifs is 9. The fourth-order valence-electron chi connectivity index (χ4n) is 7.67. The van der Waals surface area contributed by atoms with E-state index in [-0.39, 0.29) is 40.2 Å². The number of rotatable bonds is 7. The van der Waals surface area contributed by atoms with Gasteiger partial charge in [0.15, 0.2) is 0 Å². The average Bonchev–Trinajstić information content (AvgIpc) is 3.68. The zero-order chi connectivity index (χ0) is 29.4. The lowest BCUT2D eigenvalue weighted by molar-refractivity contribution is -0.385. The van der Waals surface area contributed by atoms with Crippen LogP contribution in [0.2, 0.25) is 0 Å². The molecule has 3 fully saturated rings. The van der Waals surface area contributed by atoms with E-state index in [1.807, 2.05) is 31.2 Å². The van der Waals surface area contributed by atoms with Gasteiger partial charge in [0.25, 0.3) is 5.69 Å². The second-order valence-electron chi connectivity index (χ2n) is 11.3. The number of nitrogens with one attached hydrogen (secondary N) is 1. The van der Waals surface area contributed by atoms with Crippen LogP contribution in [0, 0.1) is 46.6 Å². The molecule has 2 bridgehead atoms. The molecule has 42 heavy (non-hydrogen) atoms. The van der Waals surface area contributed by atoms with Crippen molar-refractivity contribution < 1.29 is 29.2 Å². The van der Waals surface area contributed by atoms with Crippen LogP contribution in [0.4, 0.5) is 5.69 Å². The third kappa shape index (κ3) is 4.01. The predicted octanol–water partition coefficient (Wildman–Crippen LogP) is 3.79. The maximum Gasteiger partial charge on any atom is 0.323 e. The van der Waals surface area contributed by atoms with Gasteiger partial charge in [-0.05, 0) is 48.3 Å². The molecule has 2 aliphatic carbocycles. The van der Waals surface area contributed by atoms with Crippen molar-refractivity contribution in [2.75, 3.05) is 6.54 Å². The minimum absolute atomic E-state index is 0.117. The quantitative estimate of drug-likeness (QED) is 0.231. The number of ether oxygens (including phenoxy) is 1. The highest BCUT2D eigenvalue weighted by Crippen LogP contribution is 2.69. The van der Waals surface area contributed by atoms with Crippen LogP contribution in [0.15, 0.2) is 52.3 Å². The number of nitro benzene ring substituents is 1. The first-order valence-corrected chi connectivity index (χ1v) is 15.3. The summed E-state index contributed by atoms with van der Waals surface area (Å²) in [6.45, 7) is 1.54. The summed E-state index contributed by atoms with van der Waals surface area (Å²) in [6, 6.07) is 12.3. The van der Waals surface area contributed by atoms with E-state index in [2.05, 4.69) is 4.98 Å². The van der Waals surface area contributed by atoms with Crippen LogP contribution in [-0.2, 0) is 21.0 Å². The van der Waals surface area contributed by atoms with Crippen LogP contribution in [0.5, 0.6) is 5.75 Å². The topological polar surface area (TPSA) is 160 Å². The standard InChI is InChI=1S/C29H25N3O8S2/c1-12-4-2-3-5-13(12)11-40-18-7-6-14(32(38)39)8-15(18)20-21-16-9-17(24(21)41-26-25(20)42-29(37)30-26)23-22(16)27(35)31(28(23)36)10-19(33)34/h2-8,16-17,20-24H,9-11H2,1H3,(H,30,37)(H,33,34)/t16?,17?,20-,21?,22?,23?,24?/m1/s1. The van der Waals surface area contributed by atoms with E-state index in [0.29, 0.717) is 22.8 Å². The molecule has 4 aliphatic rings. The summed E-state index contributed by atoms with van der Waals surface area (Å²) in [5.41, 5.74) is 2.44. The summed E-state index contributed by atoms with van der Waals surface area (Å²) < 4.78 is 6.32. The third-order valence-corrected chi connectivity index (χ3v) is 11.9. The number of carboxylic acid groups (broad SMARTS) is 1. The number of imide groups is 1. The van der Waals surface area contributed by atoms with E-state index in [4.69, 9.17) is 4.74 Å². The molecule has 13 heteroatoms. The number of likely N-dealkylation sites (tertiary alicyclic amines) is 1. The summed E-state index contributed by atoms with van der Waals surface area (Å²) in [5.74, 6) is -4.14. The number of thiazole rings is 1. The number of aliphatic carboxylic acids is 1. The molecule has 3 heterocycles. The molecule has 6 unspecified atom stereocenters. The fraction of sp³-hybridized carbons (Fsp3) is 0.379. The van der Waals surface area contributed by atoms with E-state index in [1.165, 1.54) is 23.9 Å². The summed E-state index contributed by atoms with van der Waals surface area (Å²) >= 11 is 2.54. The smallest absolute Gasteiger partial charge is 0.323 e. The number of H-pyrrole nitrogens is 1.